The SMILES string of the molecule is COc1ccc(C[C@@H](NC(=O)[C@@H]2CCCO2)C(N)=O)cc1. The summed E-state index contributed by atoms with van der Waals surface area (Å²) in [6, 6.07) is 6.54. The van der Waals surface area contributed by atoms with E-state index >= 15 is 0 Å². The van der Waals surface area contributed by atoms with Crippen LogP contribution < -0.4 is 15.8 Å². The van der Waals surface area contributed by atoms with E-state index in [1.54, 1.807) is 19.2 Å². The van der Waals surface area contributed by atoms with E-state index in [4.69, 9.17) is 15.2 Å². The third-order valence-corrected chi connectivity index (χ3v) is 3.48. The zero-order valence-corrected chi connectivity index (χ0v) is 12.0. The van der Waals surface area contributed by atoms with Crippen molar-refractivity contribution in [3.63, 3.8) is 0 Å². The number of nitrogens with one attached hydrogen (secondary N) is 1. The second-order valence-corrected chi connectivity index (χ2v) is 5.02. The highest BCUT2D eigenvalue weighted by atomic mass is 16.5. The van der Waals surface area contributed by atoms with E-state index in [1.807, 2.05) is 12.1 Å². The standard InChI is InChI=1S/C15H20N2O4/c1-20-11-6-4-10(5-7-11)9-12(14(16)18)17-15(19)13-3-2-8-21-13/h4-7,12-13H,2-3,8-9H2,1H3,(H2,16,18)(H,17,19)/t12-,13+/m1/s1. The van der Waals surface area contributed by atoms with Crippen LogP contribution in [0.3, 0.4) is 0 Å². The van der Waals surface area contributed by atoms with E-state index in [1.165, 1.54) is 0 Å². The molecule has 114 valence electrons. The maximum Gasteiger partial charge on any atom is 0.249 e. The molecule has 1 fully saturated rings. The largest absolute Gasteiger partial charge is 0.497 e. The van der Waals surface area contributed by atoms with Crippen LogP contribution in [0.5, 0.6) is 5.75 Å². The monoisotopic (exact) mass is 292 g/mol. The molecule has 2 amide bonds. The van der Waals surface area contributed by atoms with Crippen LogP contribution in [0.2, 0.25) is 0 Å². The Kier molecular flexibility index (Phi) is 5.16. The molecule has 0 aromatic heterocycles. The summed E-state index contributed by atoms with van der Waals surface area (Å²) in [6.45, 7) is 0.581. The number of carbonyl (C=O) groups is 2. The van der Waals surface area contributed by atoms with Gasteiger partial charge < -0.3 is 20.5 Å². The van der Waals surface area contributed by atoms with Crippen molar-refractivity contribution < 1.29 is 19.1 Å². The van der Waals surface area contributed by atoms with E-state index in [2.05, 4.69) is 5.32 Å². The number of hydrogen-bond donors (Lipinski definition) is 2. The minimum Gasteiger partial charge on any atom is -0.497 e. The van der Waals surface area contributed by atoms with Crippen molar-refractivity contribution in [1.29, 1.82) is 0 Å². The number of amides is 2. The maximum absolute atomic E-state index is 12.0. The number of ether oxygens (including phenoxy) is 2. The quantitative estimate of drug-likeness (QED) is 0.793. The number of carbonyl (C=O) groups excluding carboxylic acids is 2. The van der Waals surface area contributed by atoms with Crippen LogP contribution in [-0.4, -0.2) is 37.7 Å². The minimum atomic E-state index is -0.741. The normalized spacial score (nSPS) is 19.0. The van der Waals surface area contributed by atoms with Gasteiger partial charge in [-0.3, -0.25) is 9.59 Å². The Bertz CT molecular complexity index is 495. The number of nitrogens with two attached hydrogens (primary N) is 1. The van der Waals surface area contributed by atoms with E-state index in [0.29, 0.717) is 19.4 Å². The summed E-state index contributed by atoms with van der Waals surface area (Å²) in [5.74, 6) is -0.0975. The Morgan fingerprint density at radius 3 is 2.67 bits per heavy atom. The first-order valence-corrected chi connectivity index (χ1v) is 6.94. The Morgan fingerprint density at radius 2 is 2.14 bits per heavy atom. The van der Waals surface area contributed by atoms with Crippen LogP contribution in [0, 0.1) is 0 Å². The number of rotatable bonds is 6. The first kappa shape index (κ1) is 15.3. The predicted octanol–water partition coefficient (Wildman–Crippen LogP) is 0.387. The van der Waals surface area contributed by atoms with Gasteiger partial charge >= 0.3 is 0 Å². The number of primary amides is 1. The molecular weight excluding hydrogens is 272 g/mol. The molecular formula is C15H20N2O4. The summed E-state index contributed by atoms with van der Waals surface area (Å²) in [5.41, 5.74) is 6.26. The van der Waals surface area contributed by atoms with Gasteiger partial charge in [-0.05, 0) is 30.5 Å². The summed E-state index contributed by atoms with van der Waals surface area (Å²) < 4.78 is 10.4. The molecule has 6 nitrogen and oxygen atoms in total. The zero-order chi connectivity index (χ0) is 15.2. The van der Waals surface area contributed by atoms with Gasteiger partial charge in [0.25, 0.3) is 0 Å². The number of benzene rings is 1. The molecule has 1 saturated heterocycles. The Morgan fingerprint density at radius 1 is 1.43 bits per heavy atom. The lowest BCUT2D eigenvalue weighted by atomic mass is 10.0. The van der Waals surface area contributed by atoms with Gasteiger partial charge in [-0.2, -0.15) is 0 Å². The second kappa shape index (κ2) is 7.08. The van der Waals surface area contributed by atoms with Crippen LogP contribution in [0.25, 0.3) is 0 Å². The summed E-state index contributed by atoms with van der Waals surface area (Å²) in [4.78, 5) is 23.5. The average Bonchev–Trinajstić information content (AvgIpc) is 3.01. The van der Waals surface area contributed by atoms with Crippen molar-refractivity contribution in [2.45, 2.75) is 31.4 Å². The second-order valence-electron chi connectivity index (χ2n) is 5.02. The highest BCUT2D eigenvalue weighted by Crippen LogP contribution is 2.14. The van der Waals surface area contributed by atoms with Gasteiger partial charge in [-0.1, -0.05) is 12.1 Å². The maximum atomic E-state index is 12.0. The van der Waals surface area contributed by atoms with Crippen molar-refractivity contribution in [1.82, 2.24) is 5.32 Å². The first-order chi connectivity index (χ1) is 10.1. The molecule has 0 radical (unpaired) electrons. The fourth-order valence-electron chi connectivity index (χ4n) is 2.27. The third-order valence-electron chi connectivity index (χ3n) is 3.48. The lowest BCUT2D eigenvalue weighted by Crippen LogP contribution is -2.49. The van der Waals surface area contributed by atoms with Crippen molar-refractivity contribution in [2.24, 2.45) is 5.73 Å². The van der Waals surface area contributed by atoms with Gasteiger partial charge in [0.05, 0.1) is 7.11 Å². The van der Waals surface area contributed by atoms with Gasteiger partial charge in [-0.25, -0.2) is 0 Å². The third kappa shape index (κ3) is 4.19. The molecule has 0 aliphatic carbocycles. The van der Waals surface area contributed by atoms with Crippen LogP contribution in [-0.2, 0) is 20.7 Å². The minimum absolute atomic E-state index is 0.273. The molecule has 1 aromatic rings. The predicted molar refractivity (Wildman–Crippen MR) is 76.8 cm³/mol. The lowest BCUT2D eigenvalue weighted by Gasteiger charge is -2.18. The van der Waals surface area contributed by atoms with Crippen LogP contribution in [0.1, 0.15) is 18.4 Å². The molecule has 2 atom stereocenters. The highest BCUT2D eigenvalue weighted by molar-refractivity contribution is 5.88. The van der Waals surface area contributed by atoms with Crippen molar-refractivity contribution >= 4 is 11.8 Å². The average molecular weight is 292 g/mol. The van der Waals surface area contributed by atoms with E-state index < -0.39 is 18.1 Å². The summed E-state index contributed by atoms with van der Waals surface area (Å²) >= 11 is 0. The molecule has 6 heteroatoms. The number of hydrogen-bond acceptors (Lipinski definition) is 4. The molecule has 1 heterocycles. The smallest absolute Gasteiger partial charge is 0.249 e. The van der Waals surface area contributed by atoms with Crippen LogP contribution >= 0.6 is 0 Å². The molecule has 2 rings (SSSR count). The van der Waals surface area contributed by atoms with E-state index in [0.717, 1.165) is 17.7 Å². The van der Waals surface area contributed by atoms with Gasteiger partial charge in [0, 0.05) is 13.0 Å². The molecule has 0 saturated carbocycles. The number of methoxy groups -OCH3 is 1. The lowest BCUT2D eigenvalue weighted by molar-refractivity contribution is -0.133. The topological polar surface area (TPSA) is 90.7 Å². The van der Waals surface area contributed by atoms with Crippen LogP contribution in [0.15, 0.2) is 24.3 Å². The molecule has 1 aromatic carbocycles. The first-order valence-electron chi connectivity index (χ1n) is 6.94. The molecule has 0 spiro atoms. The Hall–Kier alpha value is -2.08. The summed E-state index contributed by atoms with van der Waals surface area (Å²) in [5, 5.41) is 2.67. The fraction of sp³-hybridized carbons (Fsp3) is 0.467. The van der Waals surface area contributed by atoms with Crippen molar-refractivity contribution in [3.8, 4) is 5.75 Å². The van der Waals surface area contributed by atoms with E-state index in [9.17, 15) is 9.59 Å². The van der Waals surface area contributed by atoms with Gasteiger partial charge in [0.15, 0.2) is 0 Å². The van der Waals surface area contributed by atoms with Crippen molar-refractivity contribution in [3.05, 3.63) is 29.8 Å². The Balaban J connectivity index is 1.97. The highest BCUT2D eigenvalue weighted by Gasteiger charge is 2.27. The molecule has 1 aliphatic rings. The summed E-state index contributed by atoms with van der Waals surface area (Å²) in [6.07, 6.45) is 1.41. The van der Waals surface area contributed by atoms with Gasteiger partial charge in [-0.15, -0.1) is 0 Å². The Labute approximate surface area is 123 Å². The molecule has 0 unspecified atom stereocenters. The molecule has 3 N–H and O–H groups in total. The van der Waals surface area contributed by atoms with Crippen LogP contribution in [0.4, 0.5) is 0 Å². The summed E-state index contributed by atoms with van der Waals surface area (Å²) in [7, 11) is 1.59. The van der Waals surface area contributed by atoms with E-state index in [-0.39, 0.29) is 5.91 Å². The van der Waals surface area contributed by atoms with Crippen molar-refractivity contribution in [2.75, 3.05) is 13.7 Å². The van der Waals surface area contributed by atoms with Gasteiger partial charge in [0.1, 0.15) is 17.9 Å². The molecule has 21 heavy (non-hydrogen) atoms. The molecule has 0 bridgehead atoms. The van der Waals surface area contributed by atoms with Gasteiger partial charge in [0.2, 0.25) is 11.8 Å². The zero-order valence-electron chi connectivity index (χ0n) is 12.0. The molecule has 1 aliphatic heterocycles. The fourth-order valence-corrected chi connectivity index (χ4v) is 2.27.